The zero-order valence-corrected chi connectivity index (χ0v) is 9.90. The Hall–Kier alpha value is -1.14. The summed E-state index contributed by atoms with van der Waals surface area (Å²) in [5, 5.41) is 10.7. The minimum Gasteiger partial charge on any atom is -0.396 e. The first kappa shape index (κ1) is 13.9. The average Bonchev–Trinajstić information content (AvgIpc) is 2.30. The number of aliphatic hydroxyl groups is 1. The van der Waals surface area contributed by atoms with E-state index < -0.39 is 23.2 Å². The fourth-order valence-electron chi connectivity index (χ4n) is 1.12. The molecule has 0 fully saturated rings. The van der Waals surface area contributed by atoms with Gasteiger partial charge in [0.2, 0.25) is 5.91 Å². The van der Waals surface area contributed by atoms with Crippen LogP contribution >= 0.6 is 11.8 Å². The van der Waals surface area contributed by atoms with Crippen LogP contribution in [0.3, 0.4) is 0 Å². The van der Waals surface area contributed by atoms with E-state index in [4.69, 9.17) is 5.11 Å². The van der Waals surface area contributed by atoms with E-state index in [1.54, 1.807) is 0 Å². The first-order valence-electron chi connectivity index (χ1n) is 5.07. The lowest BCUT2D eigenvalue weighted by Crippen LogP contribution is -2.16. The largest absolute Gasteiger partial charge is 0.396 e. The summed E-state index contributed by atoms with van der Waals surface area (Å²) in [5.41, 5.74) is -0.416. The number of hydrogen-bond acceptors (Lipinski definition) is 3. The molecule has 6 heteroatoms. The van der Waals surface area contributed by atoms with Crippen LogP contribution in [0.2, 0.25) is 0 Å². The molecule has 0 atom stereocenters. The zero-order valence-electron chi connectivity index (χ0n) is 9.08. The highest BCUT2D eigenvalue weighted by molar-refractivity contribution is 7.99. The number of aliphatic hydroxyl groups excluding tert-OH is 1. The fourth-order valence-corrected chi connectivity index (χ4v) is 1.86. The van der Waals surface area contributed by atoms with Crippen molar-refractivity contribution in [3.8, 4) is 0 Å². The van der Waals surface area contributed by atoms with Crippen LogP contribution in [0.5, 0.6) is 0 Å². The Kier molecular flexibility index (Phi) is 5.93. The summed E-state index contributed by atoms with van der Waals surface area (Å²) in [7, 11) is 0. The molecule has 1 rings (SSSR count). The van der Waals surface area contributed by atoms with Crippen molar-refractivity contribution in [1.82, 2.24) is 0 Å². The molecule has 0 radical (unpaired) electrons. The van der Waals surface area contributed by atoms with Crippen molar-refractivity contribution >= 4 is 23.4 Å². The summed E-state index contributed by atoms with van der Waals surface area (Å²) in [5.74, 6) is -1.31. The molecule has 0 bridgehead atoms. The van der Waals surface area contributed by atoms with Gasteiger partial charge in [0, 0.05) is 6.61 Å². The number of carbonyl (C=O) groups excluding carboxylic acids is 1. The topological polar surface area (TPSA) is 49.3 Å². The van der Waals surface area contributed by atoms with E-state index in [2.05, 4.69) is 5.32 Å². The SMILES string of the molecule is O=C(CSCCCO)Nc1c(F)cccc1F. The highest BCUT2D eigenvalue weighted by Crippen LogP contribution is 2.18. The van der Waals surface area contributed by atoms with Crippen LogP contribution in [-0.2, 0) is 4.79 Å². The van der Waals surface area contributed by atoms with Crippen molar-refractivity contribution in [2.75, 3.05) is 23.4 Å². The number of carbonyl (C=O) groups is 1. The minimum atomic E-state index is -0.793. The third kappa shape index (κ3) is 4.70. The maximum atomic E-state index is 13.2. The van der Waals surface area contributed by atoms with Gasteiger partial charge in [-0.3, -0.25) is 4.79 Å². The number of benzene rings is 1. The van der Waals surface area contributed by atoms with Gasteiger partial charge in [0.05, 0.1) is 5.75 Å². The number of amides is 1. The number of thioether (sulfide) groups is 1. The summed E-state index contributed by atoms with van der Waals surface area (Å²) in [4.78, 5) is 11.4. The normalized spacial score (nSPS) is 10.3. The lowest BCUT2D eigenvalue weighted by atomic mass is 10.3. The molecule has 0 unspecified atom stereocenters. The van der Waals surface area contributed by atoms with Crippen molar-refractivity contribution in [3.63, 3.8) is 0 Å². The van der Waals surface area contributed by atoms with E-state index in [9.17, 15) is 13.6 Å². The van der Waals surface area contributed by atoms with Gasteiger partial charge in [0.25, 0.3) is 0 Å². The first-order chi connectivity index (χ1) is 8.15. The predicted octanol–water partition coefficient (Wildman–Crippen LogP) is 2.02. The lowest BCUT2D eigenvalue weighted by molar-refractivity contribution is -0.113. The maximum Gasteiger partial charge on any atom is 0.234 e. The number of para-hydroxylation sites is 1. The minimum absolute atomic E-state index is 0.0660. The third-order valence-corrected chi connectivity index (χ3v) is 2.95. The second kappa shape index (κ2) is 7.24. The molecule has 0 aliphatic carbocycles. The Labute approximate surface area is 102 Å². The van der Waals surface area contributed by atoms with Crippen LogP contribution in [0, 0.1) is 11.6 Å². The van der Waals surface area contributed by atoms with E-state index in [1.165, 1.54) is 17.8 Å². The fraction of sp³-hybridized carbons (Fsp3) is 0.364. The van der Waals surface area contributed by atoms with Gasteiger partial charge >= 0.3 is 0 Å². The van der Waals surface area contributed by atoms with Gasteiger partial charge in [-0.1, -0.05) is 6.07 Å². The number of anilines is 1. The van der Waals surface area contributed by atoms with Gasteiger partial charge in [0.15, 0.2) is 0 Å². The van der Waals surface area contributed by atoms with E-state index >= 15 is 0 Å². The quantitative estimate of drug-likeness (QED) is 0.770. The second-order valence-corrected chi connectivity index (χ2v) is 4.38. The molecular weight excluding hydrogens is 248 g/mol. The van der Waals surface area contributed by atoms with Crippen molar-refractivity contribution in [1.29, 1.82) is 0 Å². The van der Waals surface area contributed by atoms with Gasteiger partial charge in [-0.25, -0.2) is 8.78 Å². The van der Waals surface area contributed by atoms with E-state index in [1.807, 2.05) is 0 Å². The summed E-state index contributed by atoms with van der Waals surface area (Å²) in [6, 6.07) is 3.39. The molecule has 0 aliphatic heterocycles. The zero-order chi connectivity index (χ0) is 12.7. The smallest absolute Gasteiger partial charge is 0.234 e. The predicted molar refractivity (Wildman–Crippen MR) is 64.0 cm³/mol. The number of hydrogen-bond donors (Lipinski definition) is 2. The van der Waals surface area contributed by atoms with Crippen LogP contribution in [0.1, 0.15) is 6.42 Å². The molecule has 1 amide bonds. The van der Waals surface area contributed by atoms with Crippen molar-refractivity contribution < 1.29 is 18.7 Å². The molecule has 0 saturated heterocycles. The monoisotopic (exact) mass is 261 g/mol. The molecule has 2 N–H and O–H groups in total. The molecule has 0 aliphatic rings. The lowest BCUT2D eigenvalue weighted by Gasteiger charge is -2.06. The number of nitrogens with one attached hydrogen (secondary N) is 1. The third-order valence-electron chi connectivity index (χ3n) is 1.91. The van der Waals surface area contributed by atoms with Crippen molar-refractivity contribution in [2.24, 2.45) is 0 Å². The first-order valence-corrected chi connectivity index (χ1v) is 6.23. The molecule has 94 valence electrons. The molecule has 17 heavy (non-hydrogen) atoms. The maximum absolute atomic E-state index is 13.2. The number of rotatable bonds is 6. The Bertz CT molecular complexity index is 367. The Morgan fingerprint density at radius 3 is 2.59 bits per heavy atom. The average molecular weight is 261 g/mol. The van der Waals surface area contributed by atoms with Crippen LogP contribution < -0.4 is 5.32 Å². The molecule has 0 aromatic heterocycles. The Morgan fingerprint density at radius 2 is 2.00 bits per heavy atom. The second-order valence-electron chi connectivity index (χ2n) is 3.27. The standard InChI is InChI=1S/C11H13F2NO2S/c12-8-3-1-4-9(13)11(8)14-10(16)7-17-6-2-5-15/h1,3-4,15H,2,5-7H2,(H,14,16). The van der Waals surface area contributed by atoms with Gasteiger partial charge in [0.1, 0.15) is 17.3 Å². The highest BCUT2D eigenvalue weighted by atomic mass is 32.2. The van der Waals surface area contributed by atoms with E-state index in [0.717, 1.165) is 12.1 Å². The Morgan fingerprint density at radius 1 is 1.35 bits per heavy atom. The molecule has 0 saturated carbocycles. The molecule has 3 nitrogen and oxygen atoms in total. The Balaban J connectivity index is 2.45. The van der Waals surface area contributed by atoms with Gasteiger partial charge < -0.3 is 10.4 Å². The molecular formula is C11H13F2NO2S. The van der Waals surface area contributed by atoms with Gasteiger partial charge in [-0.05, 0) is 24.3 Å². The summed E-state index contributed by atoms with van der Waals surface area (Å²) < 4.78 is 26.3. The van der Waals surface area contributed by atoms with Crippen molar-refractivity contribution in [2.45, 2.75) is 6.42 Å². The van der Waals surface area contributed by atoms with Crippen molar-refractivity contribution in [3.05, 3.63) is 29.8 Å². The van der Waals surface area contributed by atoms with E-state index in [0.29, 0.717) is 12.2 Å². The summed E-state index contributed by atoms with van der Waals surface area (Å²) in [6.45, 7) is 0.0660. The van der Waals surface area contributed by atoms with E-state index in [-0.39, 0.29) is 12.4 Å². The highest BCUT2D eigenvalue weighted by Gasteiger charge is 2.11. The number of halogens is 2. The molecule has 0 spiro atoms. The summed E-state index contributed by atoms with van der Waals surface area (Å²) in [6.07, 6.45) is 0.589. The molecule has 1 aromatic rings. The van der Waals surface area contributed by atoms with Crippen LogP contribution in [0.4, 0.5) is 14.5 Å². The molecule has 0 heterocycles. The van der Waals surface area contributed by atoms with Crippen LogP contribution in [0.25, 0.3) is 0 Å². The molecule has 1 aromatic carbocycles. The van der Waals surface area contributed by atoms with Gasteiger partial charge in [-0.2, -0.15) is 11.8 Å². The van der Waals surface area contributed by atoms with Gasteiger partial charge in [-0.15, -0.1) is 0 Å². The summed E-state index contributed by atoms with van der Waals surface area (Å²) >= 11 is 1.30. The van der Waals surface area contributed by atoms with Crippen LogP contribution in [-0.4, -0.2) is 29.1 Å². The van der Waals surface area contributed by atoms with Crippen LogP contribution in [0.15, 0.2) is 18.2 Å².